The van der Waals surface area contributed by atoms with E-state index in [1.807, 2.05) is 0 Å². The highest BCUT2D eigenvalue weighted by molar-refractivity contribution is 7.89. The number of piperidine rings is 2. The van der Waals surface area contributed by atoms with Crippen LogP contribution < -0.4 is 26.0 Å². The van der Waals surface area contributed by atoms with Crippen LogP contribution in [0, 0.1) is 0 Å². The number of thiophene rings is 2. The number of fused-ring (bicyclic) bond motifs is 2. The second-order valence-electron chi connectivity index (χ2n) is 13.8. The van der Waals surface area contributed by atoms with Gasteiger partial charge in [-0.2, -0.15) is 0 Å². The lowest BCUT2D eigenvalue weighted by Gasteiger charge is -2.29. The van der Waals surface area contributed by atoms with Crippen LogP contribution in [0.15, 0.2) is 34.4 Å². The predicted molar refractivity (Wildman–Crippen MR) is 228 cm³/mol. The third-order valence-corrected chi connectivity index (χ3v) is 15.1. The molecule has 2 unspecified atom stereocenters. The molecule has 316 valence electrons. The zero-order chi connectivity index (χ0) is 43.2. The zero-order valence-corrected chi connectivity index (χ0v) is 37.2. The van der Waals surface area contributed by atoms with Crippen molar-refractivity contribution >= 4 is 138 Å². The molecule has 0 aliphatic carbocycles. The maximum absolute atomic E-state index is 12.8. The first-order valence-corrected chi connectivity index (χ1v) is 22.9. The van der Waals surface area contributed by atoms with Gasteiger partial charge >= 0.3 is 0 Å². The number of carbonyl (C=O) groups is 6. The number of halogens is 4. The van der Waals surface area contributed by atoms with E-state index in [0.29, 0.717) is 46.8 Å². The van der Waals surface area contributed by atoms with E-state index in [-0.39, 0.29) is 86.2 Å². The smallest absolute Gasteiger partial charge is 0.259 e. The average molecular weight is 976 g/mol. The molecule has 7 heterocycles. The van der Waals surface area contributed by atoms with Gasteiger partial charge in [0.05, 0.1) is 49.8 Å². The van der Waals surface area contributed by atoms with Gasteiger partial charge in [0, 0.05) is 66.2 Å². The highest BCUT2D eigenvalue weighted by Gasteiger charge is 2.42. The molecule has 17 nitrogen and oxygen atoms in total. The minimum Gasteiger partial charge on any atom is -0.358 e. The molecule has 6 amide bonds. The number of imide groups is 2. The number of hydrogen-bond acceptors (Lipinski definition) is 12. The minimum absolute atomic E-state index is 0.0232. The number of nitrogens with zero attached hydrogens (tertiary/aromatic N) is 4. The Morgan fingerprint density at radius 3 is 1.80 bits per heavy atom. The summed E-state index contributed by atoms with van der Waals surface area (Å²) in [6.07, 6.45) is 3.79. The van der Waals surface area contributed by atoms with Gasteiger partial charge in [0.25, 0.3) is 21.8 Å². The van der Waals surface area contributed by atoms with E-state index in [2.05, 4.69) is 31.0 Å². The van der Waals surface area contributed by atoms with Crippen LogP contribution in [0.5, 0.6) is 0 Å². The molecule has 3 aromatic heterocycles. The summed E-state index contributed by atoms with van der Waals surface area (Å²) < 4.78 is 28.7. The second-order valence-corrected chi connectivity index (χ2v) is 19.4. The van der Waals surface area contributed by atoms with Gasteiger partial charge in [-0.25, -0.2) is 18.1 Å². The minimum atomic E-state index is -3.77. The average Bonchev–Trinajstić information content (AvgIpc) is 4.02. The van der Waals surface area contributed by atoms with Gasteiger partial charge in [0.1, 0.15) is 12.1 Å². The standard InChI is InChI=1S/C19H14Cl4N4O3S2.C16H17N5O5S2/c20-9-3-10(21)15(23)16(14(9)22)26-19(31)24-4-12-7-5-27(18(30)8(7)6-32-12)11-1-2-13(28)25-17(11)29;1-20-6-14(17-8-20)28(25,26)18-4-12-9-5-21(16(24)10(9)7-27-12)11-2-3-13(22)19-15(11)23/h3,6,11H,1-2,4-5H2,(H2,24,26,31)(H,25,28,29);6-8,11,18H,2-5H2,1H3,(H,19,22,23). The molecule has 0 radical (unpaired) electrons. The normalized spacial score (nSPS) is 18.8. The summed E-state index contributed by atoms with van der Waals surface area (Å²) in [6.45, 7) is 0.870. The van der Waals surface area contributed by atoms with Crippen molar-refractivity contribution in [1.29, 1.82) is 0 Å². The van der Waals surface area contributed by atoms with Gasteiger partial charge in [0.15, 0.2) is 10.1 Å². The summed E-state index contributed by atoms with van der Waals surface area (Å²) in [4.78, 5) is 80.9. The maximum atomic E-state index is 12.8. The van der Waals surface area contributed by atoms with Gasteiger partial charge in [-0.05, 0) is 42.3 Å². The van der Waals surface area contributed by atoms with Gasteiger partial charge in [0.2, 0.25) is 23.6 Å². The van der Waals surface area contributed by atoms with Gasteiger partial charge in [-0.3, -0.25) is 39.4 Å². The first-order valence-electron chi connectivity index (χ1n) is 17.8. The molecule has 4 aliphatic rings. The SMILES string of the molecule is Cn1cnc(S(=O)(=O)NCc2scc3c2CN(C2CCC(=O)NC2=O)C3=O)c1.O=C1CCC(N2Cc3c(csc3CNC(=S)Nc3c(Cl)c(Cl)cc(Cl)c3Cl)C2=O)C(=O)N1. The molecule has 25 heteroatoms. The van der Waals surface area contributed by atoms with Crippen LogP contribution in [0.3, 0.4) is 0 Å². The number of benzene rings is 1. The van der Waals surface area contributed by atoms with Crippen molar-refractivity contribution in [3.05, 3.63) is 81.4 Å². The Balaban J connectivity index is 0.000000183. The molecule has 1 aromatic carbocycles. The van der Waals surface area contributed by atoms with Crippen LogP contribution in [0.25, 0.3) is 0 Å². The van der Waals surface area contributed by atoms with Crippen LogP contribution in [0.2, 0.25) is 20.1 Å². The molecule has 0 saturated carbocycles. The zero-order valence-electron chi connectivity index (χ0n) is 30.9. The van der Waals surface area contributed by atoms with E-state index in [4.69, 9.17) is 58.6 Å². The Hall–Kier alpha value is -4.19. The lowest BCUT2D eigenvalue weighted by atomic mass is 10.0. The third-order valence-electron chi connectivity index (χ3n) is 9.91. The number of anilines is 1. The van der Waals surface area contributed by atoms with Crippen LogP contribution in [0.1, 0.15) is 67.3 Å². The Bertz CT molecular complexity index is 2590. The summed E-state index contributed by atoms with van der Waals surface area (Å²) >= 11 is 32.5. The van der Waals surface area contributed by atoms with Crippen molar-refractivity contribution in [3.8, 4) is 0 Å². The van der Waals surface area contributed by atoms with E-state index in [1.165, 1.54) is 55.6 Å². The summed E-state index contributed by atoms with van der Waals surface area (Å²) in [5, 5.41) is 14.9. The fourth-order valence-corrected chi connectivity index (χ4v) is 11.0. The molecular weight excluding hydrogens is 945 g/mol. The summed E-state index contributed by atoms with van der Waals surface area (Å²) in [5.74, 6) is -2.08. The molecule has 2 saturated heterocycles. The molecule has 8 rings (SSSR count). The Morgan fingerprint density at radius 1 is 0.833 bits per heavy atom. The fraction of sp³-hybridized carbons (Fsp3) is 0.314. The highest BCUT2D eigenvalue weighted by atomic mass is 35.5. The Labute approximate surface area is 375 Å². The van der Waals surface area contributed by atoms with Crippen LogP contribution >= 0.6 is 81.3 Å². The molecule has 2 atom stereocenters. The summed E-state index contributed by atoms with van der Waals surface area (Å²) in [6, 6.07) is 0.0917. The number of amides is 6. The number of thiocarbonyl (C=S) groups is 1. The lowest BCUT2D eigenvalue weighted by Crippen LogP contribution is -2.52. The Morgan fingerprint density at radius 2 is 1.33 bits per heavy atom. The third kappa shape index (κ3) is 8.91. The van der Waals surface area contributed by atoms with Crippen LogP contribution in [-0.2, 0) is 62.4 Å². The van der Waals surface area contributed by atoms with Gasteiger partial charge < -0.3 is 25.0 Å². The van der Waals surface area contributed by atoms with E-state index in [1.54, 1.807) is 17.8 Å². The van der Waals surface area contributed by atoms with E-state index in [9.17, 15) is 37.2 Å². The largest absolute Gasteiger partial charge is 0.358 e. The number of hydrogen-bond donors (Lipinski definition) is 5. The quantitative estimate of drug-likeness (QED) is 0.0900. The maximum Gasteiger partial charge on any atom is 0.259 e. The van der Waals surface area contributed by atoms with Crippen molar-refractivity contribution in [2.24, 2.45) is 7.05 Å². The van der Waals surface area contributed by atoms with Crippen LogP contribution in [0.4, 0.5) is 5.69 Å². The molecule has 0 bridgehead atoms. The van der Waals surface area contributed by atoms with Gasteiger partial charge in [-0.15, -0.1) is 22.7 Å². The number of imidazole rings is 1. The van der Waals surface area contributed by atoms with Crippen LogP contribution in [-0.4, -0.2) is 80.4 Å². The number of carbonyl (C=O) groups excluding carboxylic acids is 6. The molecule has 4 aromatic rings. The fourth-order valence-electron chi connectivity index (χ4n) is 6.87. The molecule has 2 fully saturated rings. The second kappa shape index (κ2) is 17.7. The van der Waals surface area contributed by atoms with Crippen molar-refractivity contribution < 1.29 is 37.2 Å². The molecule has 5 N–H and O–H groups in total. The number of aromatic nitrogens is 2. The number of rotatable bonds is 9. The molecule has 60 heavy (non-hydrogen) atoms. The molecule has 0 spiro atoms. The number of aryl methyl sites for hydroxylation is 1. The number of sulfonamides is 1. The number of nitrogens with one attached hydrogen (secondary N) is 5. The van der Waals surface area contributed by atoms with Crippen molar-refractivity contribution in [2.75, 3.05) is 5.32 Å². The highest BCUT2D eigenvalue weighted by Crippen LogP contribution is 2.41. The van der Waals surface area contributed by atoms with Crippen molar-refractivity contribution in [2.45, 2.75) is 69.0 Å². The molecular formula is C35H31Cl4N9O8S4. The van der Waals surface area contributed by atoms with E-state index >= 15 is 0 Å². The summed E-state index contributed by atoms with van der Waals surface area (Å²) in [5.41, 5.74) is 2.87. The predicted octanol–water partition coefficient (Wildman–Crippen LogP) is 4.33. The first-order chi connectivity index (χ1) is 28.4. The molecule has 4 aliphatic heterocycles. The van der Waals surface area contributed by atoms with E-state index < -0.39 is 33.9 Å². The Kier molecular flexibility index (Phi) is 12.9. The van der Waals surface area contributed by atoms with Crippen molar-refractivity contribution in [1.82, 2.24) is 40.0 Å². The van der Waals surface area contributed by atoms with Crippen molar-refractivity contribution in [3.63, 3.8) is 0 Å². The topological polar surface area (TPSA) is 221 Å². The van der Waals surface area contributed by atoms with E-state index in [0.717, 1.165) is 10.4 Å². The summed E-state index contributed by atoms with van der Waals surface area (Å²) in [7, 11) is -2.10. The van der Waals surface area contributed by atoms with Gasteiger partial charge in [-0.1, -0.05) is 46.4 Å². The first kappa shape index (κ1) is 43.9. The lowest BCUT2D eigenvalue weighted by molar-refractivity contribution is -0.138. The monoisotopic (exact) mass is 973 g/mol.